The van der Waals surface area contributed by atoms with E-state index in [4.69, 9.17) is 19.6 Å². The SMILES string of the molecule is Nc1ncc(CCc2ccc3c(c2)OCO3)o1. The van der Waals surface area contributed by atoms with Crippen LogP contribution in [0.25, 0.3) is 0 Å². The minimum Gasteiger partial charge on any atom is -0.454 e. The lowest BCUT2D eigenvalue weighted by molar-refractivity contribution is 0.174. The number of benzene rings is 1. The number of oxazole rings is 1. The van der Waals surface area contributed by atoms with Crippen LogP contribution in [0.2, 0.25) is 0 Å². The molecule has 0 atom stereocenters. The second-order valence-corrected chi connectivity index (χ2v) is 3.85. The van der Waals surface area contributed by atoms with Gasteiger partial charge in [-0.1, -0.05) is 6.07 Å². The number of nitrogens with two attached hydrogens (primary N) is 1. The lowest BCUT2D eigenvalue weighted by atomic mass is 10.1. The maximum atomic E-state index is 5.41. The predicted octanol–water partition coefficient (Wildman–Crippen LogP) is 1.77. The first-order chi connectivity index (χ1) is 8.31. The molecule has 0 saturated carbocycles. The number of hydrogen-bond acceptors (Lipinski definition) is 5. The van der Waals surface area contributed by atoms with Crippen molar-refractivity contribution in [3.05, 3.63) is 35.7 Å². The van der Waals surface area contributed by atoms with E-state index in [1.807, 2.05) is 18.2 Å². The smallest absolute Gasteiger partial charge is 0.292 e. The molecular formula is C12H12N2O3. The zero-order chi connectivity index (χ0) is 11.7. The van der Waals surface area contributed by atoms with Gasteiger partial charge in [-0.2, -0.15) is 0 Å². The van der Waals surface area contributed by atoms with Gasteiger partial charge in [0.05, 0.1) is 6.20 Å². The lowest BCUT2D eigenvalue weighted by Gasteiger charge is -2.01. The molecule has 0 unspecified atom stereocenters. The van der Waals surface area contributed by atoms with E-state index in [1.54, 1.807) is 6.20 Å². The molecule has 0 aliphatic carbocycles. The van der Waals surface area contributed by atoms with Crippen LogP contribution in [0.15, 0.2) is 28.8 Å². The fourth-order valence-corrected chi connectivity index (χ4v) is 1.80. The van der Waals surface area contributed by atoms with Crippen LogP contribution in [-0.2, 0) is 12.8 Å². The summed E-state index contributed by atoms with van der Waals surface area (Å²) < 4.78 is 15.8. The number of rotatable bonds is 3. The van der Waals surface area contributed by atoms with Crippen LogP contribution >= 0.6 is 0 Å². The summed E-state index contributed by atoms with van der Waals surface area (Å²) in [5, 5.41) is 0. The van der Waals surface area contributed by atoms with Gasteiger partial charge in [0.15, 0.2) is 11.5 Å². The van der Waals surface area contributed by atoms with Crippen LogP contribution in [0.1, 0.15) is 11.3 Å². The number of aromatic nitrogens is 1. The Bertz CT molecular complexity index is 536. The van der Waals surface area contributed by atoms with E-state index in [-0.39, 0.29) is 6.01 Å². The van der Waals surface area contributed by atoms with Crippen molar-refractivity contribution in [3.8, 4) is 11.5 Å². The highest BCUT2D eigenvalue weighted by atomic mass is 16.7. The van der Waals surface area contributed by atoms with Gasteiger partial charge >= 0.3 is 0 Å². The zero-order valence-electron chi connectivity index (χ0n) is 9.18. The molecular weight excluding hydrogens is 220 g/mol. The van der Waals surface area contributed by atoms with E-state index in [9.17, 15) is 0 Å². The molecule has 1 aromatic carbocycles. The lowest BCUT2D eigenvalue weighted by Crippen LogP contribution is -1.93. The summed E-state index contributed by atoms with van der Waals surface area (Å²) >= 11 is 0. The van der Waals surface area contributed by atoms with E-state index in [1.165, 1.54) is 5.56 Å². The molecule has 88 valence electrons. The molecule has 0 fully saturated rings. The van der Waals surface area contributed by atoms with Gasteiger partial charge in [-0.3, -0.25) is 0 Å². The molecule has 5 nitrogen and oxygen atoms in total. The van der Waals surface area contributed by atoms with Gasteiger partial charge < -0.3 is 19.6 Å². The Morgan fingerprint density at radius 2 is 2.06 bits per heavy atom. The normalized spacial score (nSPS) is 12.9. The molecule has 0 saturated heterocycles. The van der Waals surface area contributed by atoms with E-state index in [0.717, 1.165) is 30.1 Å². The maximum Gasteiger partial charge on any atom is 0.292 e. The summed E-state index contributed by atoms with van der Waals surface area (Å²) in [5.74, 6) is 2.40. The Morgan fingerprint density at radius 1 is 1.18 bits per heavy atom. The summed E-state index contributed by atoms with van der Waals surface area (Å²) in [6, 6.07) is 6.15. The first-order valence-corrected chi connectivity index (χ1v) is 5.40. The van der Waals surface area contributed by atoms with Crippen molar-refractivity contribution in [1.82, 2.24) is 4.98 Å². The molecule has 17 heavy (non-hydrogen) atoms. The van der Waals surface area contributed by atoms with Crippen molar-refractivity contribution in [2.45, 2.75) is 12.8 Å². The maximum absolute atomic E-state index is 5.41. The van der Waals surface area contributed by atoms with E-state index >= 15 is 0 Å². The molecule has 0 radical (unpaired) electrons. The van der Waals surface area contributed by atoms with E-state index < -0.39 is 0 Å². The minimum atomic E-state index is 0.214. The van der Waals surface area contributed by atoms with Gasteiger partial charge in [-0.25, -0.2) is 4.98 Å². The Hall–Kier alpha value is -2.17. The van der Waals surface area contributed by atoms with Crippen LogP contribution in [-0.4, -0.2) is 11.8 Å². The van der Waals surface area contributed by atoms with Crippen LogP contribution in [0.3, 0.4) is 0 Å². The highest BCUT2D eigenvalue weighted by molar-refractivity contribution is 5.44. The first-order valence-electron chi connectivity index (χ1n) is 5.40. The van der Waals surface area contributed by atoms with Crippen LogP contribution < -0.4 is 15.2 Å². The molecule has 0 bridgehead atoms. The number of hydrogen-bond donors (Lipinski definition) is 1. The Labute approximate surface area is 98.2 Å². The standard InChI is InChI=1S/C12H12N2O3/c13-12-14-6-9(17-12)3-1-8-2-4-10-11(5-8)16-7-15-10/h2,4-6H,1,3,7H2,(H2,13,14). The average Bonchev–Trinajstić information content (AvgIpc) is 2.94. The molecule has 2 heterocycles. The van der Waals surface area contributed by atoms with Gasteiger partial charge in [0.2, 0.25) is 6.79 Å². The largest absolute Gasteiger partial charge is 0.454 e. The molecule has 1 aliphatic rings. The molecule has 5 heteroatoms. The zero-order valence-corrected chi connectivity index (χ0v) is 9.18. The Kier molecular flexibility index (Phi) is 2.36. The third-order valence-electron chi connectivity index (χ3n) is 2.67. The van der Waals surface area contributed by atoms with Crippen molar-refractivity contribution >= 4 is 6.01 Å². The number of nitrogen functional groups attached to an aromatic ring is 1. The molecule has 2 aromatic rings. The molecule has 1 aliphatic heterocycles. The van der Waals surface area contributed by atoms with Gasteiger partial charge in [-0.05, 0) is 24.1 Å². The van der Waals surface area contributed by atoms with Crippen molar-refractivity contribution in [2.24, 2.45) is 0 Å². The summed E-state index contributed by atoms with van der Waals surface area (Å²) in [6.07, 6.45) is 3.28. The number of fused-ring (bicyclic) bond motifs is 1. The molecule has 0 spiro atoms. The van der Waals surface area contributed by atoms with Crippen molar-refractivity contribution in [3.63, 3.8) is 0 Å². The second kappa shape index (κ2) is 4.01. The Morgan fingerprint density at radius 3 is 2.88 bits per heavy atom. The highest BCUT2D eigenvalue weighted by Gasteiger charge is 2.13. The van der Waals surface area contributed by atoms with Gasteiger partial charge in [0.25, 0.3) is 6.01 Å². The van der Waals surface area contributed by atoms with E-state index in [2.05, 4.69) is 4.98 Å². The topological polar surface area (TPSA) is 70.5 Å². The Balaban J connectivity index is 1.69. The quantitative estimate of drug-likeness (QED) is 0.873. The molecule has 3 rings (SSSR count). The second-order valence-electron chi connectivity index (χ2n) is 3.85. The summed E-state index contributed by atoms with van der Waals surface area (Å²) in [4.78, 5) is 3.85. The average molecular weight is 232 g/mol. The summed E-state index contributed by atoms with van der Waals surface area (Å²) in [7, 11) is 0. The fraction of sp³-hybridized carbons (Fsp3) is 0.250. The fourth-order valence-electron chi connectivity index (χ4n) is 1.80. The highest BCUT2D eigenvalue weighted by Crippen LogP contribution is 2.32. The van der Waals surface area contributed by atoms with Gasteiger partial charge in [0, 0.05) is 6.42 Å². The minimum absolute atomic E-state index is 0.214. The van der Waals surface area contributed by atoms with E-state index in [0.29, 0.717) is 6.79 Å². The third kappa shape index (κ3) is 2.04. The summed E-state index contributed by atoms with van der Waals surface area (Å²) in [5.41, 5.74) is 6.58. The molecule has 1 aromatic heterocycles. The van der Waals surface area contributed by atoms with Crippen LogP contribution in [0.5, 0.6) is 11.5 Å². The van der Waals surface area contributed by atoms with Crippen molar-refractivity contribution < 1.29 is 13.9 Å². The van der Waals surface area contributed by atoms with Crippen molar-refractivity contribution in [1.29, 1.82) is 0 Å². The van der Waals surface area contributed by atoms with Crippen LogP contribution in [0.4, 0.5) is 6.01 Å². The number of nitrogens with zero attached hydrogens (tertiary/aromatic N) is 1. The summed E-state index contributed by atoms with van der Waals surface area (Å²) in [6.45, 7) is 0.303. The predicted molar refractivity (Wildman–Crippen MR) is 60.9 cm³/mol. The molecule has 2 N–H and O–H groups in total. The van der Waals surface area contributed by atoms with Gasteiger partial charge in [0.1, 0.15) is 5.76 Å². The monoisotopic (exact) mass is 232 g/mol. The number of anilines is 1. The van der Waals surface area contributed by atoms with Crippen LogP contribution in [0, 0.1) is 0 Å². The number of ether oxygens (including phenoxy) is 2. The van der Waals surface area contributed by atoms with Gasteiger partial charge in [-0.15, -0.1) is 0 Å². The number of aryl methyl sites for hydroxylation is 2. The first kappa shape index (κ1) is 10.0. The van der Waals surface area contributed by atoms with Crippen molar-refractivity contribution in [2.75, 3.05) is 12.5 Å². The third-order valence-corrected chi connectivity index (χ3v) is 2.67. The molecule has 0 amide bonds.